The second-order valence-corrected chi connectivity index (χ2v) is 11.2. The van der Waals surface area contributed by atoms with Gasteiger partial charge >= 0.3 is 6.03 Å². The molecule has 1 aromatic heterocycles. The van der Waals surface area contributed by atoms with E-state index in [0.29, 0.717) is 55.6 Å². The highest BCUT2D eigenvalue weighted by atomic mass is 32.2. The maximum atomic E-state index is 13.0. The van der Waals surface area contributed by atoms with Gasteiger partial charge in [0.05, 0.1) is 31.6 Å². The van der Waals surface area contributed by atoms with E-state index in [4.69, 9.17) is 19.8 Å². The summed E-state index contributed by atoms with van der Waals surface area (Å²) in [6.45, 7) is 5.57. The number of sulfone groups is 1. The number of rotatable bonds is 8. The first-order chi connectivity index (χ1) is 16.3. The van der Waals surface area contributed by atoms with Crippen LogP contribution in [0.5, 0.6) is 0 Å². The van der Waals surface area contributed by atoms with E-state index in [2.05, 4.69) is 22.5 Å². The quantitative estimate of drug-likeness (QED) is 0.512. The fourth-order valence-corrected chi connectivity index (χ4v) is 5.88. The Balaban J connectivity index is 1.69. The van der Waals surface area contributed by atoms with E-state index < -0.39 is 20.6 Å². The number of carbonyl (C=O) groups excluding carboxylic acids is 1. The van der Waals surface area contributed by atoms with E-state index in [0.717, 1.165) is 5.56 Å². The van der Waals surface area contributed by atoms with Crippen LogP contribution in [0.4, 0.5) is 16.3 Å². The van der Waals surface area contributed by atoms with Crippen molar-refractivity contribution in [2.45, 2.75) is 37.5 Å². The van der Waals surface area contributed by atoms with Crippen LogP contribution in [-0.4, -0.2) is 74.2 Å². The molecule has 34 heavy (non-hydrogen) atoms. The fraction of sp³-hybridized carbons (Fsp3) is 0.522. The Kier molecular flexibility index (Phi) is 7.06. The van der Waals surface area contributed by atoms with E-state index in [1.54, 1.807) is 31.2 Å². The topological polar surface area (TPSA) is 134 Å². The molecule has 11 heteroatoms. The van der Waals surface area contributed by atoms with Crippen LogP contribution in [-0.2, 0) is 19.3 Å². The summed E-state index contributed by atoms with van der Waals surface area (Å²) in [5.41, 5.74) is 1.83. The van der Waals surface area contributed by atoms with Crippen LogP contribution >= 0.6 is 0 Å². The molecule has 2 aromatic rings. The number of nitrogens with one attached hydrogen (secondary N) is 2. The minimum atomic E-state index is -3.33. The van der Waals surface area contributed by atoms with Crippen molar-refractivity contribution in [2.24, 2.45) is 0 Å². The van der Waals surface area contributed by atoms with E-state index in [9.17, 15) is 13.2 Å². The molecule has 3 N–H and O–H groups in total. The van der Waals surface area contributed by atoms with Gasteiger partial charge in [0.15, 0.2) is 15.7 Å². The first-order valence-electron chi connectivity index (χ1n) is 11.5. The van der Waals surface area contributed by atoms with Crippen molar-refractivity contribution in [3.8, 4) is 11.4 Å². The van der Waals surface area contributed by atoms with Gasteiger partial charge in [-0.05, 0) is 44.0 Å². The van der Waals surface area contributed by atoms with Crippen LogP contribution in [0, 0.1) is 0 Å². The fourth-order valence-electron chi connectivity index (χ4n) is 4.18. The Bertz CT molecular complexity index is 1130. The molecule has 0 radical (unpaired) electrons. The summed E-state index contributed by atoms with van der Waals surface area (Å²) < 4.78 is 30.5. The summed E-state index contributed by atoms with van der Waals surface area (Å²) in [6.07, 6.45) is 1.12. The van der Waals surface area contributed by atoms with E-state index in [1.807, 2.05) is 6.07 Å². The number of morpholine rings is 1. The van der Waals surface area contributed by atoms with Gasteiger partial charge in [0.25, 0.3) is 0 Å². The SMILES string of the molecule is CCS(=O)(=O)C1(c2cc(N3CCOC[C@@H]3C)nc(-c3ccc(NC(=O)NCCO)cc3)n2)CC1. The van der Waals surface area contributed by atoms with E-state index in [1.165, 1.54) is 0 Å². The molecular weight excluding hydrogens is 458 g/mol. The summed E-state index contributed by atoms with van der Waals surface area (Å²) in [4.78, 5) is 23.5. The molecule has 0 spiro atoms. The average molecular weight is 490 g/mol. The molecule has 1 aliphatic carbocycles. The Morgan fingerprint density at radius 1 is 1.26 bits per heavy atom. The lowest BCUT2D eigenvalue weighted by Crippen LogP contribution is -2.44. The monoisotopic (exact) mass is 489 g/mol. The highest BCUT2D eigenvalue weighted by Gasteiger charge is 2.56. The van der Waals surface area contributed by atoms with Gasteiger partial charge in [-0.1, -0.05) is 6.92 Å². The van der Waals surface area contributed by atoms with Crippen molar-refractivity contribution in [3.63, 3.8) is 0 Å². The number of aliphatic hydroxyl groups excluding tert-OH is 1. The lowest BCUT2D eigenvalue weighted by Gasteiger charge is -2.34. The highest BCUT2D eigenvalue weighted by Crippen LogP contribution is 2.53. The first-order valence-corrected chi connectivity index (χ1v) is 13.2. The number of anilines is 2. The van der Waals surface area contributed by atoms with Gasteiger partial charge in [-0.25, -0.2) is 23.2 Å². The first kappa shape index (κ1) is 24.4. The van der Waals surface area contributed by atoms with Gasteiger partial charge in [0, 0.05) is 36.2 Å². The Labute approximate surface area is 199 Å². The molecule has 1 saturated carbocycles. The third-order valence-electron chi connectivity index (χ3n) is 6.32. The lowest BCUT2D eigenvalue weighted by atomic mass is 10.1. The molecule has 1 saturated heterocycles. The van der Waals surface area contributed by atoms with Crippen molar-refractivity contribution in [3.05, 3.63) is 36.0 Å². The summed E-state index contributed by atoms with van der Waals surface area (Å²) in [7, 11) is -3.33. The normalized spacial score (nSPS) is 19.5. The number of ether oxygens (including phenoxy) is 1. The van der Waals surface area contributed by atoms with Gasteiger partial charge in [0.2, 0.25) is 0 Å². The molecule has 2 heterocycles. The third kappa shape index (κ3) is 4.86. The minimum Gasteiger partial charge on any atom is -0.395 e. The third-order valence-corrected chi connectivity index (χ3v) is 8.89. The maximum Gasteiger partial charge on any atom is 0.319 e. The van der Waals surface area contributed by atoms with Crippen molar-refractivity contribution >= 4 is 27.4 Å². The molecular formula is C23H31N5O5S. The number of aromatic nitrogens is 2. The van der Waals surface area contributed by atoms with Crippen LogP contribution < -0.4 is 15.5 Å². The highest BCUT2D eigenvalue weighted by molar-refractivity contribution is 7.92. The Hall–Kier alpha value is -2.76. The number of hydrogen-bond acceptors (Lipinski definition) is 8. The number of nitrogens with zero attached hydrogens (tertiary/aromatic N) is 3. The summed E-state index contributed by atoms with van der Waals surface area (Å²) in [6, 6.07) is 8.57. The molecule has 2 amide bonds. The predicted molar refractivity (Wildman–Crippen MR) is 130 cm³/mol. The molecule has 2 fully saturated rings. The predicted octanol–water partition coefficient (Wildman–Crippen LogP) is 1.91. The number of aliphatic hydroxyl groups is 1. The number of hydrogen-bond donors (Lipinski definition) is 3. The zero-order valence-corrected chi connectivity index (χ0v) is 20.3. The van der Waals surface area contributed by atoms with Gasteiger partial charge < -0.3 is 25.4 Å². The molecule has 0 bridgehead atoms. The Morgan fingerprint density at radius 2 is 2.00 bits per heavy atom. The van der Waals surface area contributed by atoms with Crippen LogP contribution in [0.1, 0.15) is 32.4 Å². The van der Waals surface area contributed by atoms with Crippen LogP contribution in [0.25, 0.3) is 11.4 Å². The Morgan fingerprint density at radius 3 is 2.62 bits per heavy atom. The van der Waals surface area contributed by atoms with Crippen LogP contribution in [0.2, 0.25) is 0 Å². The standard InChI is InChI=1S/C23H31N5O5S/c1-3-34(31,32)23(8-9-23)19-14-20(28-11-13-33-15-16(28)2)27-21(26-19)17-4-6-18(7-5-17)25-22(30)24-10-12-29/h4-7,14,16,29H,3,8-13,15H2,1-2H3,(H2,24,25,30)/t16-/m0/s1. The lowest BCUT2D eigenvalue weighted by molar-refractivity contribution is 0.0985. The van der Waals surface area contributed by atoms with E-state index >= 15 is 0 Å². The molecule has 0 unspecified atom stereocenters. The van der Waals surface area contributed by atoms with Crippen molar-refractivity contribution in [1.82, 2.24) is 15.3 Å². The van der Waals surface area contributed by atoms with Crippen molar-refractivity contribution in [2.75, 3.05) is 48.9 Å². The minimum absolute atomic E-state index is 0.0638. The molecule has 184 valence electrons. The van der Waals surface area contributed by atoms with Gasteiger partial charge in [0.1, 0.15) is 10.6 Å². The van der Waals surface area contributed by atoms with Crippen molar-refractivity contribution in [1.29, 1.82) is 0 Å². The second-order valence-electron chi connectivity index (χ2n) is 8.63. The van der Waals surface area contributed by atoms with Gasteiger partial charge in [-0.15, -0.1) is 0 Å². The van der Waals surface area contributed by atoms with Gasteiger partial charge in [-0.3, -0.25) is 0 Å². The van der Waals surface area contributed by atoms with Crippen molar-refractivity contribution < 1.29 is 23.1 Å². The number of urea groups is 1. The smallest absolute Gasteiger partial charge is 0.319 e. The zero-order valence-electron chi connectivity index (χ0n) is 19.5. The summed E-state index contributed by atoms with van der Waals surface area (Å²) >= 11 is 0. The average Bonchev–Trinajstić information content (AvgIpc) is 3.66. The molecule has 1 atom stereocenters. The van der Waals surface area contributed by atoms with Crippen LogP contribution in [0.3, 0.4) is 0 Å². The molecule has 2 aliphatic rings. The van der Waals surface area contributed by atoms with Gasteiger partial charge in [-0.2, -0.15) is 0 Å². The largest absolute Gasteiger partial charge is 0.395 e. The molecule has 4 rings (SSSR count). The van der Waals surface area contributed by atoms with Crippen LogP contribution in [0.15, 0.2) is 30.3 Å². The maximum absolute atomic E-state index is 13.0. The summed E-state index contributed by atoms with van der Waals surface area (Å²) in [5, 5.41) is 14.0. The molecule has 1 aliphatic heterocycles. The molecule has 10 nitrogen and oxygen atoms in total. The zero-order chi connectivity index (χ0) is 24.3. The molecule has 1 aromatic carbocycles. The second kappa shape index (κ2) is 9.85. The number of amides is 2. The summed E-state index contributed by atoms with van der Waals surface area (Å²) in [5.74, 6) is 1.20. The number of carbonyl (C=O) groups is 1. The number of benzene rings is 1. The van der Waals surface area contributed by atoms with E-state index in [-0.39, 0.29) is 24.9 Å².